The number of sulfonamides is 1. The smallest absolute Gasteiger partial charge is 0.267 e. The SMILES string of the molecule is NS(=O)(=O)c1cc(C(=O)NCC2CCC2)n(C2CCC2)c1. The molecule has 2 aliphatic rings. The molecule has 0 atom stereocenters. The predicted molar refractivity (Wildman–Crippen MR) is 78.4 cm³/mol. The van der Waals surface area contributed by atoms with Gasteiger partial charge in [-0.25, -0.2) is 13.6 Å². The molecule has 0 radical (unpaired) electrons. The van der Waals surface area contributed by atoms with E-state index in [1.807, 2.05) is 0 Å². The zero-order valence-electron chi connectivity index (χ0n) is 11.9. The van der Waals surface area contributed by atoms with Gasteiger partial charge in [-0.2, -0.15) is 0 Å². The van der Waals surface area contributed by atoms with Crippen molar-refractivity contribution in [3.05, 3.63) is 18.0 Å². The molecule has 1 amide bonds. The van der Waals surface area contributed by atoms with Crippen LogP contribution in [0.25, 0.3) is 0 Å². The second-order valence-corrected chi connectivity index (χ2v) is 7.67. The van der Waals surface area contributed by atoms with E-state index in [0.29, 0.717) is 18.2 Å². The average molecular weight is 311 g/mol. The van der Waals surface area contributed by atoms with Crippen molar-refractivity contribution in [1.82, 2.24) is 9.88 Å². The van der Waals surface area contributed by atoms with Gasteiger partial charge in [0.25, 0.3) is 5.91 Å². The zero-order chi connectivity index (χ0) is 15.0. The highest BCUT2D eigenvalue weighted by Gasteiger charge is 2.27. The van der Waals surface area contributed by atoms with Crippen LogP contribution in [0, 0.1) is 5.92 Å². The van der Waals surface area contributed by atoms with E-state index < -0.39 is 10.0 Å². The summed E-state index contributed by atoms with van der Waals surface area (Å²) in [5.41, 5.74) is 0.406. The number of hydrogen-bond donors (Lipinski definition) is 2. The first-order chi connectivity index (χ1) is 9.95. The lowest BCUT2D eigenvalue weighted by molar-refractivity contribution is 0.0924. The van der Waals surface area contributed by atoms with Gasteiger partial charge in [0.05, 0.1) is 0 Å². The van der Waals surface area contributed by atoms with E-state index in [1.54, 1.807) is 4.57 Å². The molecular formula is C14H21N3O3S. The summed E-state index contributed by atoms with van der Waals surface area (Å²) in [6.45, 7) is 0.666. The van der Waals surface area contributed by atoms with E-state index >= 15 is 0 Å². The molecule has 21 heavy (non-hydrogen) atoms. The van der Waals surface area contributed by atoms with Crippen molar-refractivity contribution in [3.8, 4) is 0 Å². The largest absolute Gasteiger partial charge is 0.350 e. The van der Waals surface area contributed by atoms with Gasteiger partial charge in [0, 0.05) is 18.8 Å². The highest BCUT2D eigenvalue weighted by molar-refractivity contribution is 7.89. The summed E-state index contributed by atoms with van der Waals surface area (Å²) in [7, 11) is -3.78. The molecule has 0 spiro atoms. The van der Waals surface area contributed by atoms with Crippen molar-refractivity contribution in [1.29, 1.82) is 0 Å². The summed E-state index contributed by atoms with van der Waals surface area (Å²) in [5, 5.41) is 8.09. The molecule has 0 aromatic carbocycles. The van der Waals surface area contributed by atoms with Gasteiger partial charge >= 0.3 is 0 Å². The summed E-state index contributed by atoms with van der Waals surface area (Å²) < 4.78 is 24.8. The van der Waals surface area contributed by atoms with E-state index in [0.717, 1.165) is 32.1 Å². The molecule has 1 aromatic heterocycles. The number of primary sulfonamides is 1. The number of rotatable bonds is 5. The summed E-state index contributed by atoms with van der Waals surface area (Å²) >= 11 is 0. The molecule has 6 nitrogen and oxygen atoms in total. The van der Waals surface area contributed by atoms with Gasteiger partial charge in [0.1, 0.15) is 10.6 Å². The van der Waals surface area contributed by atoms with Gasteiger partial charge in [-0.1, -0.05) is 6.42 Å². The van der Waals surface area contributed by atoms with E-state index in [4.69, 9.17) is 5.14 Å². The lowest BCUT2D eigenvalue weighted by atomic mass is 9.85. The van der Waals surface area contributed by atoms with Crippen molar-refractivity contribution in [2.75, 3.05) is 6.54 Å². The van der Waals surface area contributed by atoms with Gasteiger partial charge in [0.2, 0.25) is 10.0 Å². The molecule has 3 rings (SSSR count). The maximum absolute atomic E-state index is 12.3. The van der Waals surface area contributed by atoms with Gasteiger partial charge < -0.3 is 9.88 Å². The predicted octanol–water partition coefficient (Wildman–Crippen LogP) is 1.39. The first-order valence-electron chi connectivity index (χ1n) is 7.48. The van der Waals surface area contributed by atoms with Crippen LogP contribution in [0.1, 0.15) is 55.1 Å². The van der Waals surface area contributed by atoms with Gasteiger partial charge in [-0.15, -0.1) is 0 Å². The van der Waals surface area contributed by atoms with Crippen molar-refractivity contribution < 1.29 is 13.2 Å². The Balaban J connectivity index is 1.80. The topological polar surface area (TPSA) is 94.2 Å². The quantitative estimate of drug-likeness (QED) is 0.860. The monoisotopic (exact) mass is 311 g/mol. The van der Waals surface area contributed by atoms with Crippen molar-refractivity contribution >= 4 is 15.9 Å². The van der Waals surface area contributed by atoms with Crippen LogP contribution < -0.4 is 10.5 Å². The molecule has 3 N–H and O–H groups in total. The summed E-state index contributed by atoms with van der Waals surface area (Å²) in [6, 6.07) is 1.61. The molecule has 0 unspecified atom stereocenters. The molecule has 1 heterocycles. The van der Waals surface area contributed by atoms with Gasteiger partial charge in [0.15, 0.2) is 0 Å². The normalized spacial score (nSPS) is 19.9. The fraction of sp³-hybridized carbons (Fsp3) is 0.643. The Morgan fingerprint density at radius 2 is 1.95 bits per heavy atom. The third-order valence-corrected chi connectivity index (χ3v) is 5.51. The van der Waals surface area contributed by atoms with E-state index in [9.17, 15) is 13.2 Å². The van der Waals surface area contributed by atoms with Crippen LogP contribution in [0.2, 0.25) is 0 Å². The minimum absolute atomic E-state index is 0.0168. The lowest BCUT2D eigenvalue weighted by Crippen LogP contribution is -2.34. The number of amides is 1. The van der Waals surface area contributed by atoms with E-state index in [-0.39, 0.29) is 16.8 Å². The molecule has 2 saturated carbocycles. The van der Waals surface area contributed by atoms with E-state index in [2.05, 4.69) is 5.32 Å². The molecule has 2 fully saturated rings. The van der Waals surface area contributed by atoms with Crippen LogP contribution in [0.15, 0.2) is 17.2 Å². The zero-order valence-corrected chi connectivity index (χ0v) is 12.7. The molecule has 116 valence electrons. The second kappa shape index (κ2) is 5.46. The second-order valence-electron chi connectivity index (χ2n) is 6.11. The number of hydrogen-bond acceptors (Lipinski definition) is 3. The minimum atomic E-state index is -3.78. The Labute approximate surface area is 124 Å². The lowest BCUT2D eigenvalue weighted by Gasteiger charge is -2.29. The third kappa shape index (κ3) is 2.98. The van der Waals surface area contributed by atoms with Crippen LogP contribution in [0.4, 0.5) is 0 Å². The molecule has 0 aliphatic heterocycles. The molecule has 7 heteroatoms. The van der Waals surface area contributed by atoms with Crippen LogP contribution in [-0.4, -0.2) is 25.4 Å². The maximum Gasteiger partial charge on any atom is 0.267 e. The molecule has 2 aliphatic carbocycles. The van der Waals surface area contributed by atoms with Gasteiger partial charge in [-0.3, -0.25) is 4.79 Å². The van der Waals surface area contributed by atoms with Crippen molar-refractivity contribution in [2.45, 2.75) is 49.5 Å². The first kappa shape index (κ1) is 14.6. The highest BCUT2D eigenvalue weighted by atomic mass is 32.2. The van der Waals surface area contributed by atoms with Crippen molar-refractivity contribution in [3.63, 3.8) is 0 Å². The fourth-order valence-corrected chi connectivity index (χ4v) is 3.32. The Kier molecular flexibility index (Phi) is 3.79. The Bertz CT molecular complexity index is 642. The number of aromatic nitrogens is 1. The Morgan fingerprint density at radius 1 is 1.29 bits per heavy atom. The first-order valence-corrected chi connectivity index (χ1v) is 9.02. The number of nitrogens with zero attached hydrogens (tertiary/aromatic N) is 1. The standard InChI is InChI=1S/C14H21N3O3S/c15-21(19,20)12-7-13(17(9-12)11-5-2-6-11)14(18)16-8-10-3-1-4-10/h7,9-11H,1-6,8H2,(H,16,18)(H2,15,19,20). The third-order valence-electron chi connectivity index (χ3n) is 4.63. The minimum Gasteiger partial charge on any atom is -0.350 e. The van der Waals surface area contributed by atoms with Crippen molar-refractivity contribution in [2.24, 2.45) is 11.1 Å². The highest BCUT2D eigenvalue weighted by Crippen LogP contribution is 2.34. The number of carbonyl (C=O) groups excluding carboxylic acids is 1. The van der Waals surface area contributed by atoms with Crippen LogP contribution in [0.5, 0.6) is 0 Å². The molecule has 0 bridgehead atoms. The van der Waals surface area contributed by atoms with Crippen LogP contribution in [-0.2, 0) is 10.0 Å². The Hall–Kier alpha value is -1.34. The van der Waals surface area contributed by atoms with Crippen LogP contribution in [0.3, 0.4) is 0 Å². The maximum atomic E-state index is 12.3. The molecule has 0 saturated heterocycles. The van der Waals surface area contributed by atoms with E-state index in [1.165, 1.54) is 18.7 Å². The number of carbonyl (C=O) groups is 1. The average Bonchev–Trinajstić information content (AvgIpc) is 2.68. The Morgan fingerprint density at radius 3 is 2.43 bits per heavy atom. The van der Waals surface area contributed by atoms with Gasteiger partial charge in [-0.05, 0) is 44.1 Å². The molecular weight excluding hydrogens is 290 g/mol. The number of nitrogens with one attached hydrogen (secondary N) is 1. The fourth-order valence-electron chi connectivity index (χ4n) is 2.78. The van der Waals surface area contributed by atoms with Crippen LogP contribution >= 0.6 is 0 Å². The molecule has 1 aromatic rings. The summed E-state index contributed by atoms with van der Waals surface area (Å²) in [4.78, 5) is 12.3. The summed E-state index contributed by atoms with van der Waals surface area (Å²) in [6.07, 6.45) is 8.10. The summed E-state index contributed by atoms with van der Waals surface area (Å²) in [5.74, 6) is 0.363. The number of nitrogens with two attached hydrogens (primary N) is 1.